The molecule has 2 atom stereocenters. The van der Waals surface area contributed by atoms with Crippen LogP contribution in [0.15, 0.2) is 83.8 Å². The number of fused-ring (bicyclic) bond motifs is 1. The monoisotopic (exact) mass is 389 g/mol. The maximum absolute atomic E-state index is 12.8. The van der Waals surface area contributed by atoms with E-state index in [1.54, 1.807) is 23.9 Å². The van der Waals surface area contributed by atoms with Gasteiger partial charge in [0.05, 0.1) is 4.92 Å². The Morgan fingerprint density at radius 1 is 1.00 bits per heavy atom. The number of carbonyl (C=O) groups excluding carboxylic acids is 1. The van der Waals surface area contributed by atoms with Crippen molar-refractivity contribution < 1.29 is 9.72 Å². The van der Waals surface area contributed by atoms with E-state index in [2.05, 4.69) is 30.3 Å². The Morgan fingerprint density at radius 2 is 1.75 bits per heavy atom. The molecule has 0 N–H and O–H groups in total. The van der Waals surface area contributed by atoms with Gasteiger partial charge in [-0.2, -0.15) is 0 Å². The number of ketones is 1. The van der Waals surface area contributed by atoms with Crippen molar-refractivity contribution in [2.24, 2.45) is 0 Å². The van der Waals surface area contributed by atoms with Crippen molar-refractivity contribution in [2.45, 2.75) is 28.9 Å². The number of rotatable bonds is 5. The minimum atomic E-state index is -0.464. The van der Waals surface area contributed by atoms with Crippen LogP contribution in [0.5, 0.6) is 0 Å². The smallest absolute Gasteiger partial charge is 0.270 e. The van der Waals surface area contributed by atoms with Crippen molar-refractivity contribution in [2.75, 3.05) is 0 Å². The summed E-state index contributed by atoms with van der Waals surface area (Å²) >= 11 is 1.73. The van der Waals surface area contributed by atoms with Gasteiger partial charge in [-0.25, -0.2) is 0 Å². The molecule has 140 valence electrons. The van der Waals surface area contributed by atoms with E-state index >= 15 is 0 Å². The summed E-state index contributed by atoms with van der Waals surface area (Å²) < 4.78 is 0. The largest absolute Gasteiger partial charge is 0.294 e. The summed E-state index contributed by atoms with van der Waals surface area (Å²) in [6, 6.07) is 24.7. The van der Waals surface area contributed by atoms with Gasteiger partial charge in [-0.3, -0.25) is 14.9 Å². The van der Waals surface area contributed by atoms with Gasteiger partial charge in [0.15, 0.2) is 5.78 Å². The molecule has 0 fully saturated rings. The number of nitro groups is 1. The van der Waals surface area contributed by atoms with Crippen molar-refractivity contribution in [1.82, 2.24) is 0 Å². The zero-order chi connectivity index (χ0) is 19.5. The van der Waals surface area contributed by atoms with Gasteiger partial charge in [-0.05, 0) is 23.6 Å². The Bertz CT molecular complexity index is 1020. The highest BCUT2D eigenvalue weighted by Crippen LogP contribution is 2.46. The molecule has 0 saturated carbocycles. The second kappa shape index (κ2) is 7.98. The van der Waals surface area contributed by atoms with Gasteiger partial charge >= 0.3 is 0 Å². The molecule has 5 heteroatoms. The standard InChI is InChI=1S/C23H19NO3S/c25-22(17-9-6-10-18(13-17)24(26)27)15-19-14-21(16-7-2-1-3-8-16)20-11-4-5-12-23(20)28-19/h1-13,19,21H,14-15H2/t19-,21+/m0/s1. The lowest BCUT2D eigenvalue weighted by atomic mass is 9.85. The van der Waals surface area contributed by atoms with E-state index in [9.17, 15) is 14.9 Å². The van der Waals surface area contributed by atoms with E-state index in [1.165, 1.54) is 28.2 Å². The highest BCUT2D eigenvalue weighted by atomic mass is 32.2. The minimum absolute atomic E-state index is 0.0466. The number of Topliss-reactive ketones (excluding diaryl/α,β-unsaturated/α-hetero) is 1. The van der Waals surface area contributed by atoms with Gasteiger partial charge in [0.2, 0.25) is 0 Å². The van der Waals surface area contributed by atoms with E-state index in [4.69, 9.17) is 0 Å². The summed E-state index contributed by atoms with van der Waals surface area (Å²) in [5.41, 5.74) is 2.92. The van der Waals surface area contributed by atoms with Crippen LogP contribution in [0.4, 0.5) is 5.69 Å². The molecule has 0 aliphatic carbocycles. The van der Waals surface area contributed by atoms with Crippen LogP contribution in [0.25, 0.3) is 0 Å². The average Bonchev–Trinajstić information content (AvgIpc) is 2.74. The molecule has 3 aromatic rings. The van der Waals surface area contributed by atoms with Gasteiger partial charge in [0, 0.05) is 40.2 Å². The third-order valence-electron chi connectivity index (χ3n) is 5.08. The number of non-ortho nitro benzene ring substituents is 1. The number of hydrogen-bond acceptors (Lipinski definition) is 4. The zero-order valence-corrected chi connectivity index (χ0v) is 16.0. The predicted molar refractivity (Wildman–Crippen MR) is 111 cm³/mol. The lowest BCUT2D eigenvalue weighted by Crippen LogP contribution is -2.20. The Hall–Kier alpha value is -2.92. The van der Waals surface area contributed by atoms with Crippen molar-refractivity contribution >= 4 is 23.2 Å². The van der Waals surface area contributed by atoms with Crippen LogP contribution >= 0.6 is 11.8 Å². The molecule has 0 spiro atoms. The van der Waals surface area contributed by atoms with Crippen molar-refractivity contribution in [3.63, 3.8) is 0 Å². The summed E-state index contributed by atoms with van der Waals surface area (Å²) in [4.78, 5) is 24.5. The van der Waals surface area contributed by atoms with E-state index < -0.39 is 4.92 Å². The fourth-order valence-electron chi connectivity index (χ4n) is 3.74. The number of nitro benzene ring substituents is 1. The highest BCUT2D eigenvalue weighted by molar-refractivity contribution is 8.00. The second-order valence-corrected chi connectivity index (χ2v) is 8.25. The molecule has 0 bridgehead atoms. The lowest BCUT2D eigenvalue weighted by molar-refractivity contribution is -0.384. The zero-order valence-electron chi connectivity index (χ0n) is 15.2. The summed E-state index contributed by atoms with van der Waals surface area (Å²) in [6.07, 6.45) is 1.23. The van der Waals surface area contributed by atoms with Crippen molar-refractivity contribution in [3.8, 4) is 0 Å². The van der Waals surface area contributed by atoms with Gasteiger partial charge in [-0.15, -0.1) is 11.8 Å². The number of hydrogen-bond donors (Lipinski definition) is 0. The van der Waals surface area contributed by atoms with E-state index in [1.807, 2.05) is 24.3 Å². The Balaban J connectivity index is 1.59. The first-order chi connectivity index (χ1) is 13.6. The first kappa shape index (κ1) is 18.4. The number of nitrogens with zero attached hydrogens (tertiary/aromatic N) is 1. The van der Waals surface area contributed by atoms with Gasteiger partial charge in [0.25, 0.3) is 5.69 Å². The SMILES string of the molecule is O=C(C[C@@H]1C[C@H](c2ccccc2)c2ccccc2S1)c1cccc([N+](=O)[O-])c1. The van der Waals surface area contributed by atoms with Crippen LogP contribution < -0.4 is 0 Å². The molecule has 28 heavy (non-hydrogen) atoms. The number of benzene rings is 3. The lowest BCUT2D eigenvalue weighted by Gasteiger charge is -2.31. The minimum Gasteiger partial charge on any atom is -0.294 e. The van der Waals surface area contributed by atoms with E-state index in [0.29, 0.717) is 12.0 Å². The summed E-state index contributed by atoms with van der Waals surface area (Å²) in [5, 5.41) is 11.1. The molecule has 0 saturated heterocycles. The molecule has 4 nitrogen and oxygen atoms in total. The van der Waals surface area contributed by atoms with Crippen LogP contribution in [0, 0.1) is 10.1 Å². The molecular weight excluding hydrogens is 370 g/mol. The van der Waals surface area contributed by atoms with Crippen LogP contribution in [0.1, 0.15) is 40.2 Å². The van der Waals surface area contributed by atoms with Crippen LogP contribution in [0.2, 0.25) is 0 Å². The maximum atomic E-state index is 12.8. The Kier molecular flexibility index (Phi) is 5.26. The molecule has 1 aliphatic heterocycles. The fourth-order valence-corrected chi connectivity index (χ4v) is 5.12. The van der Waals surface area contributed by atoms with Gasteiger partial charge in [-0.1, -0.05) is 60.7 Å². The summed E-state index contributed by atoms with van der Waals surface area (Å²) in [5.74, 6) is 0.203. The molecule has 4 rings (SSSR count). The molecule has 0 unspecified atom stereocenters. The third-order valence-corrected chi connectivity index (χ3v) is 6.40. The fraction of sp³-hybridized carbons (Fsp3) is 0.174. The van der Waals surface area contributed by atoms with Crippen LogP contribution in [-0.2, 0) is 0 Å². The highest BCUT2D eigenvalue weighted by Gasteiger charge is 2.30. The van der Waals surface area contributed by atoms with Gasteiger partial charge in [0.1, 0.15) is 0 Å². The molecule has 0 radical (unpaired) electrons. The van der Waals surface area contributed by atoms with Crippen molar-refractivity contribution in [3.05, 3.63) is 106 Å². The summed E-state index contributed by atoms with van der Waals surface area (Å²) in [6.45, 7) is 0. The molecule has 1 aliphatic rings. The maximum Gasteiger partial charge on any atom is 0.270 e. The first-order valence-corrected chi connectivity index (χ1v) is 10.1. The first-order valence-electron chi connectivity index (χ1n) is 9.20. The quantitative estimate of drug-likeness (QED) is 0.311. The van der Waals surface area contributed by atoms with Crippen molar-refractivity contribution in [1.29, 1.82) is 0 Å². The molecule has 0 aromatic heterocycles. The van der Waals surface area contributed by atoms with Gasteiger partial charge < -0.3 is 0 Å². The van der Waals surface area contributed by atoms with Crippen LogP contribution in [-0.4, -0.2) is 16.0 Å². The molecule has 0 amide bonds. The molecule has 3 aromatic carbocycles. The van der Waals surface area contributed by atoms with E-state index in [-0.39, 0.29) is 22.6 Å². The second-order valence-electron chi connectivity index (χ2n) is 6.91. The van der Waals surface area contributed by atoms with E-state index in [0.717, 1.165) is 6.42 Å². The topological polar surface area (TPSA) is 60.2 Å². The Morgan fingerprint density at radius 3 is 2.54 bits per heavy atom. The predicted octanol–water partition coefficient (Wildman–Crippen LogP) is 5.86. The third kappa shape index (κ3) is 3.85. The number of carbonyl (C=O) groups is 1. The molecular formula is C23H19NO3S. The Labute approximate surface area is 167 Å². The molecule has 1 heterocycles. The number of thioether (sulfide) groups is 1. The van der Waals surface area contributed by atoms with Crippen LogP contribution in [0.3, 0.4) is 0 Å². The normalized spacial score (nSPS) is 18.3. The average molecular weight is 389 g/mol. The summed E-state index contributed by atoms with van der Waals surface area (Å²) in [7, 11) is 0.